The number of nitrogens with zero attached hydrogens (tertiary/aromatic N) is 2. The molecule has 1 aromatic carbocycles. The number of aliphatic hydroxyl groups is 1. The Labute approximate surface area is 113 Å². The van der Waals surface area contributed by atoms with E-state index in [1.165, 1.54) is 11.5 Å². The van der Waals surface area contributed by atoms with Crippen LogP contribution in [0.1, 0.15) is 29.2 Å². The van der Waals surface area contributed by atoms with Gasteiger partial charge >= 0.3 is 0 Å². The van der Waals surface area contributed by atoms with Gasteiger partial charge < -0.3 is 5.11 Å². The van der Waals surface area contributed by atoms with Crippen LogP contribution in [0.2, 0.25) is 0 Å². The van der Waals surface area contributed by atoms with Crippen LogP contribution < -0.4 is 0 Å². The SMILES string of the molecule is CCc1nnsc1C(O)Cc1ccc(Br)cc1. The Kier molecular flexibility index (Phi) is 4.25. The molecule has 0 saturated heterocycles. The lowest BCUT2D eigenvalue weighted by molar-refractivity contribution is 0.181. The number of aliphatic hydroxyl groups excluding tert-OH is 1. The maximum absolute atomic E-state index is 10.2. The summed E-state index contributed by atoms with van der Waals surface area (Å²) in [4.78, 5) is 0.885. The highest BCUT2D eigenvalue weighted by Crippen LogP contribution is 2.24. The third-order valence-electron chi connectivity index (χ3n) is 2.56. The van der Waals surface area contributed by atoms with Crippen molar-refractivity contribution in [2.75, 3.05) is 0 Å². The number of halogens is 1. The first-order valence-electron chi connectivity index (χ1n) is 5.44. The van der Waals surface area contributed by atoms with E-state index >= 15 is 0 Å². The fourth-order valence-electron chi connectivity index (χ4n) is 1.65. The molecule has 0 saturated carbocycles. The quantitative estimate of drug-likeness (QED) is 0.943. The van der Waals surface area contributed by atoms with Gasteiger partial charge in [-0.25, -0.2) is 0 Å². The van der Waals surface area contributed by atoms with Gasteiger partial charge in [0.2, 0.25) is 0 Å². The maximum Gasteiger partial charge on any atom is 0.0957 e. The molecule has 90 valence electrons. The highest BCUT2D eigenvalue weighted by atomic mass is 79.9. The molecular formula is C12H13BrN2OS. The van der Waals surface area contributed by atoms with Crippen molar-refractivity contribution in [3.05, 3.63) is 44.9 Å². The van der Waals surface area contributed by atoms with Gasteiger partial charge in [-0.1, -0.05) is 39.5 Å². The fraction of sp³-hybridized carbons (Fsp3) is 0.333. The molecule has 1 unspecified atom stereocenters. The van der Waals surface area contributed by atoms with Gasteiger partial charge in [0.15, 0.2) is 0 Å². The third kappa shape index (κ3) is 3.12. The highest BCUT2D eigenvalue weighted by Gasteiger charge is 2.16. The summed E-state index contributed by atoms with van der Waals surface area (Å²) < 4.78 is 4.94. The molecule has 0 aliphatic carbocycles. The second-order valence-corrected chi connectivity index (χ2v) is 5.49. The van der Waals surface area contributed by atoms with Crippen LogP contribution in [0.4, 0.5) is 0 Å². The van der Waals surface area contributed by atoms with E-state index in [4.69, 9.17) is 0 Å². The molecule has 0 radical (unpaired) electrons. The first-order chi connectivity index (χ1) is 8.20. The van der Waals surface area contributed by atoms with E-state index in [0.29, 0.717) is 6.42 Å². The standard InChI is InChI=1S/C12H13BrN2OS/c1-2-10-12(17-15-14-10)11(16)7-8-3-5-9(13)6-4-8/h3-6,11,16H,2,7H2,1H3. The molecule has 0 amide bonds. The van der Waals surface area contributed by atoms with E-state index in [1.807, 2.05) is 31.2 Å². The van der Waals surface area contributed by atoms with Crippen LogP contribution in [-0.2, 0) is 12.8 Å². The predicted molar refractivity (Wildman–Crippen MR) is 72.1 cm³/mol. The lowest BCUT2D eigenvalue weighted by Crippen LogP contribution is -2.02. The van der Waals surface area contributed by atoms with E-state index in [2.05, 4.69) is 25.5 Å². The predicted octanol–water partition coefficient (Wildman–Crippen LogP) is 3.14. The number of aromatic nitrogens is 2. The number of aryl methyl sites for hydroxylation is 1. The molecular weight excluding hydrogens is 300 g/mol. The molecule has 2 aromatic rings. The molecule has 1 atom stereocenters. The van der Waals surface area contributed by atoms with Gasteiger partial charge in [0.05, 0.1) is 16.7 Å². The van der Waals surface area contributed by atoms with Gasteiger partial charge in [0.1, 0.15) is 0 Å². The summed E-state index contributed by atoms with van der Waals surface area (Å²) in [6.07, 6.45) is 0.902. The van der Waals surface area contributed by atoms with Crippen molar-refractivity contribution in [1.82, 2.24) is 9.59 Å². The van der Waals surface area contributed by atoms with Gasteiger partial charge in [0, 0.05) is 10.9 Å². The van der Waals surface area contributed by atoms with Crippen LogP contribution in [0.5, 0.6) is 0 Å². The molecule has 17 heavy (non-hydrogen) atoms. The minimum atomic E-state index is -0.508. The van der Waals surface area contributed by atoms with E-state index in [0.717, 1.165) is 27.0 Å². The first-order valence-corrected chi connectivity index (χ1v) is 7.01. The lowest BCUT2D eigenvalue weighted by Gasteiger charge is -2.09. The van der Waals surface area contributed by atoms with Crippen molar-refractivity contribution in [1.29, 1.82) is 0 Å². The van der Waals surface area contributed by atoms with Crippen molar-refractivity contribution in [3.63, 3.8) is 0 Å². The average Bonchev–Trinajstić information content (AvgIpc) is 2.80. The zero-order valence-corrected chi connectivity index (χ0v) is 11.8. The van der Waals surface area contributed by atoms with Crippen molar-refractivity contribution in [3.8, 4) is 0 Å². The van der Waals surface area contributed by atoms with Crippen molar-refractivity contribution < 1.29 is 5.11 Å². The van der Waals surface area contributed by atoms with E-state index < -0.39 is 6.10 Å². The van der Waals surface area contributed by atoms with Crippen molar-refractivity contribution in [2.24, 2.45) is 0 Å². The van der Waals surface area contributed by atoms with Crippen LogP contribution >= 0.6 is 27.5 Å². The van der Waals surface area contributed by atoms with E-state index in [-0.39, 0.29) is 0 Å². The number of hydrogen-bond acceptors (Lipinski definition) is 4. The van der Waals surface area contributed by atoms with Crippen LogP contribution in [0.15, 0.2) is 28.7 Å². The molecule has 0 spiro atoms. The largest absolute Gasteiger partial charge is 0.387 e. The monoisotopic (exact) mass is 312 g/mol. The second-order valence-electron chi connectivity index (χ2n) is 3.78. The minimum Gasteiger partial charge on any atom is -0.387 e. The summed E-state index contributed by atoms with van der Waals surface area (Å²) in [5.74, 6) is 0. The Morgan fingerprint density at radius 1 is 1.35 bits per heavy atom. The summed E-state index contributed by atoms with van der Waals surface area (Å²) in [7, 11) is 0. The molecule has 1 heterocycles. The van der Waals surface area contributed by atoms with Gasteiger partial charge in [-0.3, -0.25) is 0 Å². The van der Waals surface area contributed by atoms with E-state index in [9.17, 15) is 5.11 Å². The van der Waals surface area contributed by atoms with Crippen molar-refractivity contribution >= 4 is 27.5 Å². The van der Waals surface area contributed by atoms with Gasteiger partial charge in [-0.2, -0.15) is 0 Å². The van der Waals surface area contributed by atoms with Crippen molar-refractivity contribution in [2.45, 2.75) is 25.9 Å². The van der Waals surface area contributed by atoms with Gasteiger partial charge in [-0.05, 0) is 35.6 Å². The van der Waals surface area contributed by atoms with Gasteiger partial charge in [0.25, 0.3) is 0 Å². The molecule has 3 nitrogen and oxygen atoms in total. The summed E-state index contributed by atoms with van der Waals surface area (Å²) in [6.45, 7) is 2.02. The Morgan fingerprint density at radius 2 is 2.06 bits per heavy atom. The van der Waals surface area contributed by atoms with Gasteiger partial charge in [-0.15, -0.1) is 5.10 Å². The zero-order valence-electron chi connectivity index (χ0n) is 9.43. The summed E-state index contributed by atoms with van der Waals surface area (Å²) >= 11 is 4.68. The van der Waals surface area contributed by atoms with E-state index in [1.54, 1.807) is 0 Å². The molecule has 0 aliphatic rings. The molecule has 0 aliphatic heterocycles. The fourth-order valence-corrected chi connectivity index (χ4v) is 2.64. The van der Waals surface area contributed by atoms with Crippen LogP contribution in [-0.4, -0.2) is 14.7 Å². The van der Waals surface area contributed by atoms with Crippen LogP contribution in [0.25, 0.3) is 0 Å². The molecule has 1 N–H and O–H groups in total. The maximum atomic E-state index is 10.2. The molecule has 0 fully saturated rings. The number of benzene rings is 1. The molecule has 5 heteroatoms. The summed E-state index contributed by atoms with van der Waals surface area (Å²) in [5, 5.41) is 14.2. The Hall–Kier alpha value is -0.780. The third-order valence-corrected chi connectivity index (χ3v) is 3.96. The first kappa shape index (κ1) is 12.7. The lowest BCUT2D eigenvalue weighted by atomic mass is 10.1. The highest BCUT2D eigenvalue weighted by molar-refractivity contribution is 9.10. The minimum absolute atomic E-state index is 0.508. The summed E-state index contributed by atoms with van der Waals surface area (Å²) in [6, 6.07) is 7.97. The Bertz CT molecular complexity index is 484. The van der Waals surface area contributed by atoms with Crippen LogP contribution in [0.3, 0.4) is 0 Å². The number of hydrogen-bond donors (Lipinski definition) is 1. The zero-order chi connectivity index (χ0) is 12.3. The number of rotatable bonds is 4. The van der Waals surface area contributed by atoms with Crippen LogP contribution in [0, 0.1) is 0 Å². The molecule has 1 aromatic heterocycles. The Balaban J connectivity index is 2.11. The normalized spacial score (nSPS) is 12.6. The molecule has 2 rings (SSSR count). The smallest absolute Gasteiger partial charge is 0.0957 e. The topological polar surface area (TPSA) is 46.0 Å². The Morgan fingerprint density at radius 3 is 2.71 bits per heavy atom. The summed E-state index contributed by atoms with van der Waals surface area (Å²) in [5.41, 5.74) is 2.01. The average molecular weight is 313 g/mol. The molecule has 0 bridgehead atoms. The second kappa shape index (κ2) is 5.71.